The van der Waals surface area contributed by atoms with Crippen LogP contribution in [0.1, 0.15) is 35.3 Å². The summed E-state index contributed by atoms with van der Waals surface area (Å²) in [5, 5.41) is 6.34. The first-order valence-corrected chi connectivity index (χ1v) is 8.69. The van der Waals surface area contributed by atoms with Crippen LogP contribution in [0.3, 0.4) is 0 Å². The van der Waals surface area contributed by atoms with Crippen LogP contribution >= 0.6 is 24.8 Å². The predicted molar refractivity (Wildman–Crippen MR) is 114 cm³/mol. The van der Waals surface area contributed by atoms with Crippen LogP contribution in [0.2, 0.25) is 0 Å². The molecule has 1 aliphatic rings. The first-order valence-electron chi connectivity index (χ1n) is 8.69. The molecule has 0 aromatic heterocycles. The monoisotopic (exact) mass is 395 g/mol. The van der Waals surface area contributed by atoms with Gasteiger partial charge in [0, 0.05) is 30.0 Å². The van der Waals surface area contributed by atoms with Crippen molar-refractivity contribution in [2.24, 2.45) is 0 Å². The lowest BCUT2D eigenvalue weighted by atomic mass is 10.1. The average molecular weight is 396 g/mol. The molecule has 0 saturated carbocycles. The summed E-state index contributed by atoms with van der Waals surface area (Å²) in [6.07, 6.45) is 0.982. The lowest BCUT2D eigenvalue weighted by molar-refractivity contribution is 0.102. The van der Waals surface area contributed by atoms with E-state index >= 15 is 0 Å². The summed E-state index contributed by atoms with van der Waals surface area (Å²) < 4.78 is 0. The van der Waals surface area contributed by atoms with Gasteiger partial charge in [0.25, 0.3) is 5.91 Å². The standard InChI is InChI=1S/C20H25N3O.2ClH/c1-3-23(4-2)14-15-6-5-7-18(12-15)22-20(24)17-8-9-19-16(13-17)10-11-21-19;;/h5-9,12-13,21H,3-4,10-11,14H2,1-2H3,(H,22,24);2*1H. The molecule has 1 heterocycles. The number of benzene rings is 2. The molecule has 2 N–H and O–H groups in total. The van der Waals surface area contributed by atoms with E-state index in [0.29, 0.717) is 5.56 Å². The van der Waals surface area contributed by atoms with Crippen LogP contribution in [0.4, 0.5) is 11.4 Å². The largest absolute Gasteiger partial charge is 0.384 e. The number of nitrogens with zero attached hydrogens (tertiary/aromatic N) is 1. The third kappa shape index (κ3) is 5.37. The molecule has 26 heavy (non-hydrogen) atoms. The molecule has 2 aromatic rings. The maximum absolute atomic E-state index is 12.5. The summed E-state index contributed by atoms with van der Waals surface area (Å²) >= 11 is 0. The number of halogens is 2. The van der Waals surface area contributed by atoms with Crippen molar-refractivity contribution in [3.05, 3.63) is 59.2 Å². The van der Waals surface area contributed by atoms with E-state index in [1.54, 1.807) is 0 Å². The van der Waals surface area contributed by atoms with Crippen LogP contribution in [-0.2, 0) is 13.0 Å². The van der Waals surface area contributed by atoms with Gasteiger partial charge in [0.2, 0.25) is 0 Å². The second-order valence-electron chi connectivity index (χ2n) is 6.16. The predicted octanol–water partition coefficient (Wildman–Crippen LogP) is 4.59. The Hall–Kier alpha value is -1.75. The number of rotatable bonds is 6. The summed E-state index contributed by atoms with van der Waals surface area (Å²) in [5.74, 6) is -0.0512. The Morgan fingerprint density at radius 2 is 1.88 bits per heavy atom. The summed E-state index contributed by atoms with van der Waals surface area (Å²) in [6.45, 7) is 8.23. The highest BCUT2D eigenvalue weighted by molar-refractivity contribution is 6.04. The minimum absolute atomic E-state index is 0. The summed E-state index contributed by atoms with van der Waals surface area (Å²) in [7, 11) is 0. The number of amides is 1. The molecule has 0 aliphatic carbocycles. The third-order valence-corrected chi connectivity index (χ3v) is 4.56. The second kappa shape index (κ2) is 10.4. The molecule has 1 aliphatic heterocycles. The molecule has 0 unspecified atom stereocenters. The van der Waals surface area contributed by atoms with E-state index in [0.717, 1.165) is 44.0 Å². The Morgan fingerprint density at radius 3 is 2.62 bits per heavy atom. The van der Waals surface area contributed by atoms with Gasteiger partial charge in [-0.15, -0.1) is 24.8 Å². The quantitative estimate of drug-likeness (QED) is 0.751. The van der Waals surface area contributed by atoms with E-state index < -0.39 is 0 Å². The Labute approximate surface area is 168 Å². The molecule has 3 rings (SSSR count). The van der Waals surface area contributed by atoms with Gasteiger partial charge in [-0.25, -0.2) is 0 Å². The van der Waals surface area contributed by atoms with E-state index in [-0.39, 0.29) is 30.7 Å². The van der Waals surface area contributed by atoms with Crippen LogP contribution in [-0.4, -0.2) is 30.4 Å². The zero-order valence-corrected chi connectivity index (χ0v) is 16.9. The SMILES string of the molecule is CCN(CC)Cc1cccc(NC(=O)c2ccc3c(c2)CCN3)c1.Cl.Cl. The molecule has 0 saturated heterocycles. The zero-order valence-electron chi connectivity index (χ0n) is 15.2. The van der Waals surface area contributed by atoms with Crippen molar-refractivity contribution in [1.29, 1.82) is 0 Å². The molecule has 4 nitrogen and oxygen atoms in total. The first-order chi connectivity index (χ1) is 11.7. The highest BCUT2D eigenvalue weighted by Crippen LogP contribution is 2.23. The van der Waals surface area contributed by atoms with Gasteiger partial charge in [-0.1, -0.05) is 26.0 Å². The van der Waals surface area contributed by atoms with Crippen LogP contribution in [0.5, 0.6) is 0 Å². The van der Waals surface area contributed by atoms with Gasteiger partial charge >= 0.3 is 0 Å². The van der Waals surface area contributed by atoms with Gasteiger partial charge in [0.1, 0.15) is 0 Å². The van der Waals surface area contributed by atoms with E-state index in [2.05, 4.69) is 41.5 Å². The number of anilines is 2. The molecule has 0 fully saturated rings. The van der Waals surface area contributed by atoms with Gasteiger partial charge in [-0.05, 0) is 61.0 Å². The number of fused-ring (bicyclic) bond motifs is 1. The van der Waals surface area contributed by atoms with Gasteiger partial charge in [-0.2, -0.15) is 0 Å². The molecule has 142 valence electrons. The lowest BCUT2D eigenvalue weighted by Gasteiger charge is -2.18. The highest BCUT2D eigenvalue weighted by atomic mass is 35.5. The van der Waals surface area contributed by atoms with Crippen LogP contribution in [0.25, 0.3) is 0 Å². The van der Waals surface area contributed by atoms with Crippen molar-refractivity contribution in [1.82, 2.24) is 4.90 Å². The lowest BCUT2D eigenvalue weighted by Crippen LogP contribution is -2.22. The van der Waals surface area contributed by atoms with E-state index in [1.807, 2.05) is 30.3 Å². The molecule has 0 radical (unpaired) electrons. The van der Waals surface area contributed by atoms with Crippen LogP contribution in [0.15, 0.2) is 42.5 Å². The summed E-state index contributed by atoms with van der Waals surface area (Å²) in [6, 6.07) is 14.0. The van der Waals surface area contributed by atoms with Gasteiger partial charge in [0.15, 0.2) is 0 Å². The van der Waals surface area contributed by atoms with Crippen molar-refractivity contribution in [2.45, 2.75) is 26.8 Å². The number of hydrogen-bond acceptors (Lipinski definition) is 3. The Balaban J connectivity index is 0.00000169. The van der Waals surface area contributed by atoms with Crippen molar-refractivity contribution in [3.63, 3.8) is 0 Å². The fourth-order valence-corrected chi connectivity index (χ4v) is 3.10. The minimum Gasteiger partial charge on any atom is -0.384 e. The van der Waals surface area contributed by atoms with E-state index in [1.165, 1.54) is 11.1 Å². The third-order valence-electron chi connectivity index (χ3n) is 4.56. The Morgan fingerprint density at radius 1 is 1.12 bits per heavy atom. The molecule has 0 spiro atoms. The average Bonchev–Trinajstić information content (AvgIpc) is 3.07. The van der Waals surface area contributed by atoms with Crippen molar-refractivity contribution < 1.29 is 4.79 Å². The summed E-state index contributed by atoms with van der Waals surface area (Å²) in [5.41, 5.74) is 5.15. The smallest absolute Gasteiger partial charge is 0.255 e. The molecular formula is C20H27Cl2N3O. The van der Waals surface area contributed by atoms with E-state index in [9.17, 15) is 4.79 Å². The number of carbonyl (C=O) groups is 1. The molecule has 1 amide bonds. The summed E-state index contributed by atoms with van der Waals surface area (Å²) in [4.78, 5) is 14.9. The fraction of sp³-hybridized carbons (Fsp3) is 0.350. The zero-order chi connectivity index (χ0) is 16.9. The number of carbonyl (C=O) groups excluding carboxylic acids is 1. The first kappa shape index (κ1) is 22.3. The molecule has 0 bridgehead atoms. The van der Waals surface area contributed by atoms with Crippen molar-refractivity contribution >= 4 is 42.1 Å². The van der Waals surface area contributed by atoms with Gasteiger partial charge in [0.05, 0.1) is 0 Å². The maximum Gasteiger partial charge on any atom is 0.255 e. The van der Waals surface area contributed by atoms with Crippen molar-refractivity contribution in [2.75, 3.05) is 30.3 Å². The number of hydrogen-bond donors (Lipinski definition) is 2. The molecule has 6 heteroatoms. The molecule has 2 aromatic carbocycles. The van der Waals surface area contributed by atoms with Crippen molar-refractivity contribution in [3.8, 4) is 0 Å². The van der Waals surface area contributed by atoms with Gasteiger partial charge < -0.3 is 10.6 Å². The minimum atomic E-state index is -0.0512. The second-order valence-corrected chi connectivity index (χ2v) is 6.16. The highest BCUT2D eigenvalue weighted by Gasteiger charge is 2.13. The van der Waals surface area contributed by atoms with Crippen LogP contribution < -0.4 is 10.6 Å². The van der Waals surface area contributed by atoms with Gasteiger partial charge in [-0.3, -0.25) is 9.69 Å². The fourth-order valence-electron chi connectivity index (χ4n) is 3.10. The Bertz CT molecular complexity index is 733. The maximum atomic E-state index is 12.5. The molecular weight excluding hydrogens is 369 g/mol. The number of nitrogens with one attached hydrogen (secondary N) is 2. The Kier molecular flexibility index (Phi) is 8.93. The van der Waals surface area contributed by atoms with E-state index in [4.69, 9.17) is 0 Å². The van der Waals surface area contributed by atoms with Crippen LogP contribution in [0, 0.1) is 0 Å². The molecule has 0 atom stereocenters. The normalized spacial score (nSPS) is 11.8. The topological polar surface area (TPSA) is 44.4 Å².